The molecule has 1 saturated heterocycles. The van der Waals surface area contributed by atoms with Crippen LogP contribution in [0.2, 0.25) is 0 Å². The third kappa shape index (κ3) is 4.27. The summed E-state index contributed by atoms with van der Waals surface area (Å²) in [5.74, 6) is 0.329. The third-order valence-corrected chi connectivity index (χ3v) is 8.03. The van der Waals surface area contributed by atoms with E-state index in [1.165, 1.54) is 4.31 Å². The first-order chi connectivity index (χ1) is 16.0. The van der Waals surface area contributed by atoms with Gasteiger partial charge in [-0.25, -0.2) is 8.42 Å². The van der Waals surface area contributed by atoms with Crippen LogP contribution in [0.25, 0.3) is 5.88 Å². The van der Waals surface area contributed by atoms with Crippen molar-refractivity contribution in [1.82, 2.24) is 13.8 Å². The molecule has 4 rings (SSSR count). The summed E-state index contributed by atoms with van der Waals surface area (Å²) >= 11 is 0. The maximum Gasteiger partial charge on any atom is 0.258 e. The predicted octanol–water partition coefficient (Wildman–Crippen LogP) is 3.69. The first-order valence-corrected chi connectivity index (χ1v) is 12.5. The first-order valence-electron chi connectivity index (χ1n) is 11.1. The van der Waals surface area contributed by atoms with Gasteiger partial charge in [0.25, 0.3) is 5.91 Å². The molecule has 0 N–H and O–H groups in total. The van der Waals surface area contributed by atoms with Crippen molar-refractivity contribution in [3.05, 3.63) is 71.2 Å². The van der Waals surface area contributed by atoms with Crippen molar-refractivity contribution in [2.24, 2.45) is 0 Å². The predicted molar refractivity (Wildman–Crippen MR) is 127 cm³/mol. The van der Waals surface area contributed by atoms with Gasteiger partial charge >= 0.3 is 0 Å². The van der Waals surface area contributed by atoms with Crippen molar-refractivity contribution in [2.45, 2.75) is 38.0 Å². The molecule has 178 valence electrons. The number of nitriles is 1. The number of aryl methyl sites for hydroxylation is 1. The zero-order chi connectivity index (χ0) is 24.7. The van der Waals surface area contributed by atoms with Crippen LogP contribution in [0.4, 0.5) is 0 Å². The summed E-state index contributed by atoms with van der Waals surface area (Å²) in [5, 5.41) is 9.72. The highest BCUT2D eigenvalue weighted by atomic mass is 32.2. The summed E-state index contributed by atoms with van der Waals surface area (Å²) in [6.07, 6.45) is 3.48. The largest absolute Gasteiger partial charge is 0.443 e. The molecule has 0 aliphatic carbocycles. The second kappa shape index (κ2) is 8.78. The third-order valence-electron chi connectivity index (χ3n) is 6.11. The monoisotopic (exact) mass is 480 g/mol. The van der Waals surface area contributed by atoms with Gasteiger partial charge in [-0.1, -0.05) is 32.9 Å². The topological polar surface area (TPSA) is 99.5 Å². The van der Waals surface area contributed by atoms with Crippen molar-refractivity contribution in [3.63, 3.8) is 0 Å². The van der Waals surface area contributed by atoms with Gasteiger partial charge < -0.3 is 9.32 Å². The van der Waals surface area contributed by atoms with Gasteiger partial charge in [0.1, 0.15) is 23.0 Å². The summed E-state index contributed by atoms with van der Waals surface area (Å²) in [6, 6.07) is 12.7. The lowest BCUT2D eigenvalue weighted by atomic mass is 9.87. The maximum atomic E-state index is 13.3. The number of benzene rings is 1. The second-order valence-electron chi connectivity index (χ2n) is 9.39. The molecule has 1 aliphatic rings. The Kier molecular flexibility index (Phi) is 6.14. The van der Waals surface area contributed by atoms with E-state index in [9.17, 15) is 18.5 Å². The maximum absolute atomic E-state index is 13.3. The van der Waals surface area contributed by atoms with Crippen LogP contribution in [-0.2, 0) is 15.4 Å². The molecule has 0 radical (unpaired) electrons. The quantitative estimate of drug-likeness (QED) is 0.567. The van der Waals surface area contributed by atoms with E-state index in [-0.39, 0.29) is 53.5 Å². The number of amides is 1. The molecule has 1 amide bonds. The fraction of sp³-hybridized carbons (Fsp3) is 0.360. The van der Waals surface area contributed by atoms with Crippen molar-refractivity contribution in [3.8, 4) is 12.0 Å². The van der Waals surface area contributed by atoms with E-state index in [0.717, 1.165) is 5.56 Å². The molecule has 3 aromatic rings. The minimum atomic E-state index is -3.66. The fourth-order valence-electron chi connectivity index (χ4n) is 4.11. The van der Waals surface area contributed by atoms with E-state index >= 15 is 0 Å². The van der Waals surface area contributed by atoms with Crippen LogP contribution in [0, 0.1) is 18.3 Å². The van der Waals surface area contributed by atoms with Crippen LogP contribution >= 0.6 is 0 Å². The summed E-state index contributed by atoms with van der Waals surface area (Å²) in [5.41, 5.74) is 1.39. The van der Waals surface area contributed by atoms with E-state index < -0.39 is 10.0 Å². The fourth-order valence-corrected chi connectivity index (χ4v) is 5.53. The highest BCUT2D eigenvalue weighted by Crippen LogP contribution is 2.28. The van der Waals surface area contributed by atoms with Gasteiger partial charge in [0.05, 0.1) is 4.90 Å². The Morgan fingerprint density at radius 2 is 1.62 bits per heavy atom. The van der Waals surface area contributed by atoms with Crippen molar-refractivity contribution >= 4 is 15.9 Å². The van der Waals surface area contributed by atoms with Crippen LogP contribution in [0.3, 0.4) is 0 Å². The van der Waals surface area contributed by atoms with E-state index in [1.807, 2.05) is 12.1 Å². The van der Waals surface area contributed by atoms with Gasteiger partial charge in [0, 0.05) is 38.6 Å². The molecule has 9 heteroatoms. The molecule has 0 saturated carbocycles. The summed E-state index contributed by atoms with van der Waals surface area (Å²) in [4.78, 5) is 15.1. The summed E-state index contributed by atoms with van der Waals surface area (Å²) in [6.45, 7) is 8.70. The van der Waals surface area contributed by atoms with Gasteiger partial charge in [-0.05, 0) is 42.2 Å². The molecule has 1 aliphatic heterocycles. The Morgan fingerprint density at radius 1 is 1.03 bits per heavy atom. The number of aromatic nitrogens is 1. The van der Waals surface area contributed by atoms with Gasteiger partial charge in [-0.3, -0.25) is 9.36 Å². The van der Waals surface area contributed by atoms with Crippen molar-refractivity contribution in [1.29, 1.82) is 5.26 Å². The van der Waals surface area contributed by atoms with Crippen molar-refractivity contribution in [2.75, 3.05) is 26.2 Å². The lowest BCUT2D eigenvalue weighted by molar-refractivity contribution is 0.0696. The number of nitrogens with zero attached hydrogens (tertiary/aromatic N) is 4. The second-order valence-corrected chi connectivity index (χ2v) is 11.3. The molecule has 0 bridgehead atoms. The van der Waals surface area contributed by atoms with Crippen LogP contribution < -0.4 is 0 Å². The molecular formula is C25H28N4O4S. The van der Waals surface area contributed by atoms with Crippen LogP contribution in [-0.4, -0.2) is 54.3 Å². The molecule has 2 aromatic heterocycles. The summed E-state index contributed by atoms with van der Waals surface area (Å²) < 4.78 is 35.1. The molecule has 3 heterocycles. The van der Waals surface area contributed by atoms with Gasteiger partial charge in [-0.15, -0.1) is 0 Å². The first kappa shape index (κ1) is 23.8. The van der Waals surface area contributed by atoms with E-state index in [0.29, 0.717) is 11.6 Å². The molecule has 1 aromatic carbocycles. The Balaban J connectivity index is 1.50. The van der Waals surface area contributed by atoms with Crippen LogP contribution in [0.5, 0.6) is 0 Å². The van der Waals surface area contributed by atoms with E-state index in [1.54, 1.807) is 53.0 Å². The lowest BCUT2D eigenvalue weighted by Crippen LogP contribution is -2.50. The van der Waals surface area contributed by atoms with Gasteiger partial charge in [-0.2, -0.15) is 9.57 Å². The number of carbonyl (C=O) groups excluding carboxylic acids is 1. The number of sulfonamides is 1. The van der Waals surface area contributed by atoms with Crippen LogP contribution in [0.1, 0.15) is 48.0 Å². The Labute approximate surface area is 200 Å². The Morgan fingerprint density at radius 3 is 2.15 bits per heavy atom. The lowest BCUT2D eigenvalue weighted by Gasteiger charge is -2.34. The number of piperazine rings is 1. The molecule has 0 atom stereocenters. The number of furan rings is 1. The van der Waals surface area contributed by atoms with E-state index in [2.05, 4.69) is 26.8 Å². The highest BCUT2D eigenvalue weighted by Gasteiger charge is 2.33. The SMILES string of the molecule is Cc1oc(-n2cccc2)c(C#N)c1C(=O)N1CCN(S(=O)(=O)c2ccc(C(C)(C)C)cc2)CC1. The van der Waals surface area contributed by atoms with Crippen molar-refractivity contribution < 1.29 is 17.6 Å². The molecule has 8 nitrogen and oxygen atoms in total. The highest BCUT2D eigenvalue weighted by molar-refractivity contribution is 7.89. The van der Waals surface area contributed by atoms with Gasteiger partial charge in [0.2, 0.25) is 15.9 Å². The normalized spacial score (nSPS) is 15.3. The Bertz CT molecular complexity index is 1330. The number of hydrogen-bond donors (Lipinski definition) is 0. The molecule has 1 fully saturated rings. The van der Waals surface area contributed by atoms with Crippen LogP contribution in [0.15, 0.2) is 58.1 Å². The van der Waals surface area contributed by atoms with Gasteiger partial charge in [0.15, 0.2) is 0 Å². The number of rotatable bonds is 4. The Hall–Kier alpha value is -3.35. The number of carbonyl (C=O) groups is 1. The molecule has 0 spiro atoms. The minimum absolute atomic E-state index is 0.0665. The standard InChI is InChI=1S/C25H28N4O4S/c1-18-22(21(17-26)24(33-18)28-11-5-6-12-28)23(30)27-13-15-29(16-14-27)34(31,32)20-9-7-19(8-10-20)25(2,3)4/h5-12H,13-16H2,1-4H3. The zero-order valence-electron chi connectivity index (χ0n) is 19.8. The summed E-state index contributed by atoms with van der Waals surface area (Å²) in [7, 11) is -3.66. The molecule has 0 unspecified atom stereocenters. The van der Waals surface area contributed by atoms with E-state index in [4.69, 9.17) is 4.42 Å². The number of hydrogen-bond acceptors (Lipinski definition) is 5. The molecular weight excluding hydrogens is 452 g/mol. The molecule has 34 heavy (non-hydrogen) atoms. The average Bonchev–Trinajstić information content (AvgIpc) is 3.45. The smallest absolute Gasteiger partial charge is 0.258 e. The minimum Gasteiger partial charge on any atom is -0.443 e. The zero-order valence-corrected chi connectivity index (χ0v) is 20.6. The average molecular weight is 481 g/mol.